The summed E-state index contributed by atoms with van der Waals surface area (Å²) in [5.41, 5.74) is 8.29. The van der Waals surface area contributed by atoms with Crippen LogP contribution in [0.3, 0.4) is 0 Å². The first kappa shape index (κ1) is 21.0. The quantitative estimate of drug-likeness (QED) is 0.464. The first-order valence-electron chi connectivity index (χ1n) is 12.2. The second-order valence-electron chi connectivity index (χ2n) is 9.56. The van der Waals surface area contributed by atoms with Crippen molar-refractivity contribution in [3.8, 4) is 11.5 Å². The Morgan fingerprint density at radius 1 is 0.875 bits per heavy atom. The molecule has 2 aromatic carbocycles. The molecule has 0 bridgehead atoms. The number of hydrogen-bond acceptors (Lipinski definition) is 3. The first-order chi connectivity index (χ1) is 15.7. The fourth-order valence-electron chi connectivity index (χ4n) is 5.51. The zero-order chi connectivity index (χ0) is 21.9. The number of nitrogens with two attached hydrogens (primary N) is 1. The molecule has 0 atom stereocenters. The van der Waals surface area contributed by atoms with Crippen LogP contribution in [0.1, 0.15) is 85.5 Å². The molecule has 2 aliphatic carbocycles. The van der Waals surface area contributed by atoms with Crippen LogP contribution in [-0.4, -0.2) is 10.9 Å². The standard InChI is InChI=1S/C28H32N2O2/c29-28(31)27-17-22-12-15-24(18-25(22)26(30-27)16-19-6-4-5-7-19)32-23-13-10-21(11-14-23)20-8-2-1-3-9-20/h10-15,17-20H,1-9,16H2,(H2,29,31). The van der Waals surface area contributed by atoms with E-state index in [-0.39, 0.29) is 0 Å². The predicted octanol–water partition coefficient (Wildman–Crippen LogP) is 6.91. The van der Waals surface area contributed by atoms with Crippen molar-refractivity contribution in [1.82, 2.24) is 4.98 Å². The minimum atomic E-state index is -0.474. The number of primary amides is 1. The van der Waals surface area contributed by atoms with Crippen molar-refractivity contribution < 1.29 is 9.53 Å². The highest BCUT2D eigenvalue weighted by molar-refractivity contribution is 5.96. The summed E-state index contributed by atoms with van der Waals surface area (Å²) < 4.78 is 6.21. The van der Waals surface area contributed by atoms with Gasteiger partial charge < -0.3 is 10.5 Å². The molecule has 0 radical (unpaired) electrons. The van der Waals surface area contributed by atoms with Crippen molar-refractivity contribution >= 4 is 16.7 Å². The minimum absolute atomic E-state index is 0.345. The van der Waals surface area contributed by atoms with Gasteiger partial charge in [-0.05, 0) is 72.4 Å². The molecule has 0 spiro atoms. The van der Waals surface area contributed by atoms with Crippen molar-refractivity contribution in [2.24, 2.45) is 11.7 Å². The summed E-state index contributed by atoms with van der Waals surface area (Å²) in [6.07, 6.45) is 12.6. The third-order valence-electron chi connectivity index (χ3n) is 7.28. The number of carbonyl (C=O) groups is 1. The molecule has 1 aromatic heterocycles. The summed E-state index contributed by atoms with van der Waals surface area (Å²) in [6.45, 7) is 0. The Kier molecular flexibility index (Phi) is 6.11. The number of benzene rings is 2. The Balaban J connectivity index is 1.40. The number of amides is 1. The number of hydrogen-bond donors (Lipinski definition) is 1. The second-order valence-corrected chi connectivity index (χ2v) is 9.56. The first-order valence-corrected chi connectivity index (χ1v) is 12.2. The van der Waals surface area contributed by atoms with Gasteiger partial charge >= 0.3 is 0 Å². The molecule has 4 nitrogen and oxygen atoms in total. The van der Waals surface area contributed by atoms with Gasteiger partial charge in [0, 0.05) is 11.1 Å². The van der Waals surface area contributed by atoms with Crippen LogP contribution in [0.15, 0.2) is 48.5 Å². The summed E-state index contributed by atoms with van der Waals surface area (Å²) in [4.78, 5) is 16.5. The Labute approximate surface area is 190 Å². The van der Waals surface area contributed by atoms with Gasteiger partial charge in [0.25, 0.3) is 5.91 Å². The normalized spacial score (nSPS) is 17.6. The molecule has 2 N–H and O–H groups in total. The average Bonchev–Trinajstić information content (AvgIpc) is 3.33. The number of fused-ring (bicyclic) bond motifs is 1. The summed E-state index contributed by atoms with van der Waals surface area (Å²) in [7, 11) is 0. The van der Waals surface area contributed by atoms with Crippen LogP contribution in [-0.2, 0) is 6.42 Å². The average molecular weight is 429 g/mol. The maximum Gasteiger partial charge on any atom is 0.267 e. The van der Waals surface area contributed by atoms with E-state index >= 15 is 0 Å². The Morgan fingerprint density at radius 3 is 2.28 bits per heavy atom. The van der Waals surface area contributed by atoms with Crippen molar-refractivity contribution in [2.45, 2.75) is 70.1 Å². The lowest BCUT2D eigenvalue weighted by Gasteiger charge is -2.22. The number of carbonyl (C=O) groups excluding carboxylic acids is 1. The Hall–Kier alpha value is -2.88. The third kappa shape index (κ3) is 4.64. The number of pyridine rings is 1. The molecule has 2 saturated carbocycles. The van der Waals surface area contributed by atoms with Gasteiger partial charge in [-0.1, -0.05) is 63.1 Å². The lowest BCUT2D eigenvalue weighted by molar-refractivity contribution is 0.0995. The molecule has 5 rings (SSSR count). The van der Waals surface area contributed by atoms with Crippen molar-refractivity contribution in [3.05, 3.63) is 65.5 Å². The van der Waals surface area contributed by atoms with Crippen LogP contribution >= 0.6 is 0 Å². The molecule has 0 unspecified atom stereocenters. The largest absolute Gasteiger partial charge is 0.457 e. The lowest BCUT2D eigenvalue weighted by Crippen LogP contribution is -2.15. The molecular weight excluding hydrogens is 396 g/mol. The number of ether oxygens (including phenoxy) is 1. The summed E-state index contributed by atoms with van der Waals surface area (Å²) in [5.74, 6) is 2.50. The van der Waals surface area contributed by atoms with E-state index in [2.05, 4.69) is 35.3 Å². The maximum atomic E-state index is 11.8. The maximum absolute atomic E-state index is 11.8. The molecule has 0 saturated heterocycles. The van der Waals surface area contributed by atoms with Crippen LogP contribution in [0, 0.1) is 5.92 Å². The highest BCUT2D eigenvalue weighted by atomic mass is 16.5. The highest BCUT2D eigenvalue weighted by Gasteiger charge is 2.19. The molecule has 3 aromatic rings. The van der Waals surface area contributed by atoms with Gasteiger partial charge in [0.05, 0.1) is 0 Å². The predicted molar refractivity (Wildman–Crippen MR) is 128 cm³/mol. The zero-order valence-corrected chi connectivity index (χ0v) is 18.7. The molecule has 2 fully saturated rings. The lowest BCUT2D eigenvalue weighted by atomic mass is 9.84. The van der Waals surface area contributed by atoms with E-state index in [9.17, 15) is 4.79 Å². The van der Waals surface area contributed by atoms with E-state index in [0.29, 0.717) is 17.5 Å². The fourth-order valence-corrected chi connectivity index (χ4v) is 5.51. The topological polar surface area (TPSA) is 65.2 Å². The van der Waals surface area contributed by atoms with Gasteiger partial charge in [0.1, 0.15) is 17.2 Å². The van der Waals surface area contributed by atoms with E-state index in [1.54, 1.807) is 6.07 Å². The van der Waals surface area contributed by atoms with Gasteiger partial charge in [-0.25, -0.2) is 4.98 Å². The van der Waals surface area contributed by atoms with E-state index in [1.807, 2.05) is 12.1 Å². The third-order valence-corrected chi connectivity index (χ3v) is 7.28. The fraction of sp³-hybridized carbons (Fsp3) is 0.429. The number of nitrogens with zero attached hydrogens (tertiary/aromatic N) is 1. The monoisotopic (exact) mass is 428 g/mol. The molecule has 32 heavy (non-hydrogen) atoms. The van der Waals surface area contributed by atoms with E-state index in [1.165, 1.54) is 63.4 Å². The number of rotatable bonds is 6. The van der Waals surface area contributed by atoms with Crippen molar-refractivity contribution in [2.75, 3.05) is 0 Å². The zero-order valence-electron chi connectivity index (χ0n) is 18.7. The van der Waals surface area contributed by atoms with Crippen LogP contribution in [0.5, 0.6) is 11.5 Å². The summed E-state index contributed by atoms with van der Waals surface area (Å²) in [6, 6.07) is 16.4. The molecule has 0 aliphatic heterocycles. The van der Waals surface area contributed by atoms with Gasteiger partial charge in [-0.3, -0.25) is 4.79 Å². The summed E-state index contributed by atoms with van der Waals surface area (Å²) in [5, 5.41) is 2.04. The van der Waals surface area contributed by atoms with Crippen molar-refractivity contribution in [1.29, 1.82) is 0 Å². The van der Waals surface area contributed by atoms with Crippen molar-refractivity contribution in [3.63, 3.8) is 0 Å². The number of aromatic nitrogens is 1. The Morgan fingerprint density at radius 2 is 1.56 bits per heavy atom. The summed E-state index contributed by atoms with van der Waals surface area (Å²) >= 11 is 0. The highest BCUT2D eigenvalue weighted by Crippen LogP contribution is 2.35. The molecule has 1 heterocycles. The van der Waals surface area contributed by atoms with Gasteiger partial charge in [0.2, 0.25) is 0 Å². The molecule has 2 aliphatic rings. The van der Waals surface area contributed by atoms with E-state index in [0.717, 1.165) is 34.4 Å². The molecule has 4 heteroatoms. The Bertz CT molecular complexity index is 1090. The van der Waals surface area contributed by atoms with Crippen LogP contribution in [0.4, 0.5) is 0 Å². The van der Waals surface area contributed by atoms with Crippen LogP contribution < -0.4 is 10.5 Å². The smallest absolute Gasteiger partial charge is 0.267 e. The van der Waals surface area contributed by atoms with Gasteiger partial charge in [-0.15, -0.1) is 0 Å². The molecular formula is C28H32N2O2. The van der Waals surface area contributed by atoms with E-state index in [4.69, 9.17) is 10.5 Å². The van der Waals surface area contributed by atoms with Crippen LogP contribution in [0.2, 0.25) is 0 Å². The van der Waals surface area contributed by atoms with Gasteiger partial charge in [-0.2, -0.15) is 0 Å². The second kappa shape index (κ2) is 9.32. The van der Waals surface area contributed by atoms with E-state index < -0.39 is 5.91 Å². The molecule has 166 valence electrons. The SMILES string of the molecule is NC(=O)c1cc2ccc(Oc3ccc(C4CCCCC4)cc3)cc2c(CC2CCCC2)n1. The minimum Gasteiger partial charge on any atom is -0.457 e. The molecule has 1 amide bonds. The van der Waals surface area contributed by atoms with Crippen LogP contribution in [0.25, 0.3) is 10.8 Å². The van der Waals surface area contributed by atoms with Gasteiger partial charge in [0.15, 0.2) is 0 Å².